The van der Waals surface area contributed by atoms with Crippen molar-refractivity contribution >= 4 is 27.3 Å². The van der Waals surface area contributed by atoms with Gasteiger partial charge in [-0.2, -0.15) is 0 Å². The molecule has 1 aromatic carbocycles. The summed E-state index contributed by atoms with van der Waals surface area (Å²) in [5.41, 5.74) is 1.48. The minimum absolute atomic E-state index is 0.0623. The third-order valence-electron chi connectivity index (χ3n) is 4.50. The van der Waals surface area contributed by atoms with E-state index in [1.807, 2.05) is 0 Å². The molecular formula is C18H23N3O4S2. The van der Waals surface area contributed by atoms with Crippen molar-refractivity contribution in [2.24, 2.45) is 0 Å². The third-order valence-corrected chi connectivity index (χ3v) is 7.15. The molecule has 1 aromatic heterocycles. The van der Waals surface area contributed by atoms with Gasteiger partial charge in [-0.05, 0) is 50.9 Å². The van der Waals surface area contributed by atoms with Crippen LogP contribution in [0.25, 0.3) is 0 Å². The number of ether oxygens (including phenoxy) is 1. The molecule has 0 radical (unpaired) electrons. The van der Waals surface area contributed by atoms with Gasteiger partial charge in [0.15, 0.2) is 0 Å². The van der Waals surface area contributed by atoms with Gasteiger partial charge in [-0.25, -0.2) is 18.1 Å². The molecule has 3 rings (SSSR count). The number of rotatable bonds is 7. The average molecular weight is 410 g/mol. The van der Waals surface area contributed by atoms with Crippen molar-refractivity contribution in [1.82, 2.24) is 15.0 Å². The third kappa shape index (κ3) is 4.48. The standard InChI is InChI=1S/C18H23N3O4S2/c1-19-27(23,24)16-11-12(7-8-14(16)25-2)18(22)20-10-9-17-21-13-5-3-4-6-15(13)26-17/h7-8,11,19H,3-6,9-10H2,1-2H3,(H,20,22). The number of methoxy groups -OCH3 is 1. The van der Waals surface area contributed by atoms with E-state index < -0.39 is 10.0 Å². The molecule has 1 aliphatic rings. The van der Waals surface area contributed by atoms with Crippen molar-refractivity contribution in [3.63, 3.8) is 0 Å². The van der Waals surface area contributed by atoms with Crippen LogP contribution in [-0.2, 0) is 29.3 Å². The van der Waals surface area contributed by atoms with Crippen LogP contribution in [0.5, 0.6) is 5.75 Å². The molecule has 1 aliphatic carbocycles. The second-order valence-corrected chi connectivity index (χ2v) is 9.29. The van der Waals surface area contributed by atoms with E-state index in [9.17, 15) is 13.2 Å². The van der Waals surface area contributed by atoms with Crippen LogP contribution >= 0.6 is 11.3 Å². The highest BCUT2D eigenvalue weighted by atomic mass is 32.2. The molecule has 0 saturated heterocycles. The highest BCUT2D eigenvalue weighted by molar-refractivity contribution is 7.89. The number of carbonyl (C=O) groups is 1. The van der Waals surface area contributed by atoms with Crippen LogP contribution in [-0.4, -0.2) is 40.0 Å². The summed E-state index contributed by atoms with van der Waals surface area (Å²) < 4.78 is 31.6. The van der Waals surface area contributed by atoms with E-state index in [1.165, 1.54) is 49.7 Å². The first-order valence-electron chi connectivity index (χ1n) is 8.82. The molecule has 0 unspecified atom stereocenters. The fourth-order valence-electron chi connectivity index (χ4n) is 3.04. The number of thiazole rings is 1. The van der Waals surface area contributed by atoms with Gasteiger partial charge in [-0.15, -0.1) is 11.3 Å². The number of sulfonamides is 1. The second-order valence-electron chi connectivity index (χ2n) is 6.26. The lowest BCUT2D eigenvalue weighted by molar-refractivity contribution is 0.0954. The Bertz CT molecular complexity index is 915. The number of fused-ring (bicyclic) bond motifs is 1. The molecule has 0 bridgehead atoms. The molecule has 0 aliphatic heterocycles. The molecular weight excluding hydrogens is 386 g/mol. The highest BCUT2D eigenvalue weighted by Gasteiger charge is 2.20. The lowest BCUT2D eigenvalue weighted by Gasteiger charge is -2.11. The second kappa shape index (κ2) is 8.37. The van der Waals surface area contributed by atoms with E-state index in [-0.39, 0.29) is 22.1 Å². The molecule has 1 heterocycles. The van der Waals surface area contributed by atoms with Crippen molar-refractivity contribution in [1.29, 1.82) is 0 Å². The number of aromatic nitrogens is 1. The van der Waals surface area contributed by atoms with E-state index in [2.05, 4.69) is 15.0 Å². The summed E-state index contributed by atoms with van der Waals surface area (Å²) >= 11 is 1.73. The summed E-state index contributed by atoms with van der Waals surface area (Å²) in [6.07, 6.45) is 5.24. The first kappa shape index (κ1) is 19.8. The van der Waals surface area contributed by atoms with Crippen LogP contribution in [0.2, 0.25) is 0 Å². The van der Waals surface area contributed by atoms with E-state index in [1.54, 1.807) is 17.4 Å². The average Bonchev–Trinajstić information content (AvgIpc) is 3.10. The van der Waals surface area contributed by atoms with Crippen molar-refractivity contribution in [3.05, 3.63) is 39.3 Å². The van der Waals surface area contributed by atoms with Crippen LogP contribution in [0.3, 0.4) is 0 Å². The maximum absolute atomic E-state index is 12.4. The number of carbonyl (C=O) groups excluding carboxylic acids is 1. The molecule has 2 N–H and O–H groups in total. The fourth-order valence-corrected chi connectivity index (χ4v) is 5.11. The zero-order valence-corrected chi connectivity index (χ0v) is 17.0. The molecule has 27 heavy (non-hydrogen) atoms. The number of hydrogen-bond acceptors (Lipinski definition) is 6. The molecule has 0 spiro atoms. The fraction of sp³-hybridized carbons (Fsp3) is 0.444. The number of aryl methyl sites for hydroxylation is 2. The maximum Gasteiger partial charge on any atom is 0.251 e. The summed E-state index contributed by atoms with van der Waals surface area (Å²) in [6, 6.07) is 4.35. The lowest BCUT2D eigenvalue weighted by atomic mass is 10.0. The number of nitrogens with zero attached hydrogens (tertiary/aromatic N) is 1. The van der Waals surface area contributed by atoms with Crippen molar-refractivity contribution in [2.45, 2.75) is 37.0 Å². The zero-order valence-electron chi connectivity index (χ0n) is 15.4. The minimum atomic E-state index is -3.73. The number of hydrogen-bond donors (Lipinski definition) is 2. The summed E-state index contributed by atoms with van der Waals surface area (Å²) in [4.78, 5) is 18.4. The smallest absolute Gasteiger partial charge is 0.251 e. The SMILES string of the molecule is CNS(=O)(=O)c1cc(C(=O)NCCc2nc3c(s2)CCCC3)ccc1OC. The van der Waals surface area contributed by atoms with Crippen LogP contribution in [0, 0.1) is 0 Å². The minimum Gasteiger partial charge on any atom is -0.495 e. The topological polar surface area (TPSA) is 97.4 Å². The molecule has 2 aromatic rings. The molecule has 0 atom stereocenters. The first-order valence-corrected chi connectivity index (χ1v) is 11.1. The largest absolute Gasteiger partial charge is 0.495 e. The Morgan fingerprint density at radius 3 is 2.78 bits per heavy atom. The van der Waals surface area contributed by atoms with E-state index >= 15 is 0 Å². The van der Waals surface area contributed by atoms with Crippen molar-refractivity contribution in [2.75, 3.05) is 20.7 Å². The lowest BCUT2D eigenvalue weighted by Crippen LogP contribution is -2.26. The molecule has 0 saturated carbocycles. The van der Waals surface area contributed by atoms with Gasteiger partial charge in [0.2, 0.25) is 10.0 Å². The summed E-state index contributed by atoms with van der Waals surface area (Å²) in [5, 5.41) is 3.87. The van der Waals surface area contributed by atoms with Crippen LogP contribution in [0.4, 0.5) is 0 Å². The zero-order chi connectivity index (χ0) is 19.4. The van der Waals surface area contributed by atoms with Gasteiger partial charge in [0.05, 0.1) is 17.8 Å². The van der Waals surface area contributed by atoms with Crippen LogP contribution in [0.1, 0.15) is 38.8 Å². The molecule has 7 nitrogen and oxygen atoms in total. The number of amides is 1. The number of benzene rings is 1. The Labute approximate surface area is 163 Å². The Kier molecular flexibility index (Phi) is 6.13. The molecule has 9 heteroatoms. The summed E-state index contributed by atoms with van der Waals surface area (Å²) in [7, 11) is -1.02. The Morgan fingerprint density at radius 2 is 2.07 bits per heavy atom. The van der Waals surface area contributed by atoms with Crippen LogP contribution < -0.4 is 14.8 Å². The van der Waals surface area contributed by atoms with Gasteiger partial charge >= 0.3 is 0 Å². The molecule has 1 amide bonds. The van der Waals surface area contributed by atoms with Crippen molar-refractivity contribution in [3.8, 4) is 5.75 Å². The van der Waals surface area contributed by atoms with Gasteiger partial charge < -0.3 is 10.1 Å². The van der Waals surface area contributed by atoms with Crippen LogP contribution in [0.15, 0.2) is 23.1 Å². The van der Waals surface area contributed by atoms with E-state index in [0.29, 0.717) is 13.0 Å². The molecule has 0 fully saturated rings. The van der Waals surface area contributed by atoms with Gasteiger partial charge in [0.25, 0.3) is 5.91 Å². The van der Waals surface area contributed by atoms with Gasteiger partial charge in [-0.3, -0.25) is 4.79 Å². The van der Waals surface area contributed by atoms with E-state index in [4.69, 9.17) is 4.74 Å². The van der Waals surface area contributed by atoms with Gasteiger partial charge in [-0.1, -0.05) is 0 Å². The summed E-state index contributed by atoms with van der Waals surface area (Å²) in [6.45, 7) is 0.450. The van der Waals surface area contributed by atoms with Crippen molar-refractivity contribution < 1.29 is 17.9 Å². The predicted octanol–water partition coefficient (Wildman–Crippen LogP) is 1.91. The molecule has 146 valence electrons. The van der Waals surface area contributed by atoms with Gasteiger partial charge in [0.1, 0.15) is 10.6 Å². The Hall–Kier alpha value is -1.97. The predicted molar refractivity (Wildman–Crippen MR) is 104 cm³/mol. The Balaban J connectivity index is 1.65. The Morgan fingerprint density at radius 1 is 1.30 bits per heavy atom. The maximum atomic E-state index is 12.4. The first-order chi connectivity index (χ1) is 12.9. The van der Waals surface area contributed by atoms with Gasteiger partial charge in [0, 0.05) is 23.4 Å². The normalized spacial score (nSPS) is 13.9. The number of nitrogens with one attached hydrogen (secondary N) is 2. The monoisotopic (exact) mass is 409 g/mol. The summed E-state index contributed by atoms with van der Waals surface area (Å²) in [5.74, 6) is -0.138. The van der Waals surface area contributed by atoms with E-state index in [0.717, 1.165) is 17.8 Å². The highest BCUT2D eigenvalue weighted by Crippen LogP contribution is 2.27. The quantitative estimate of drug-likeness (QED) is 0.728.